The van der Waals surface area contributed by atoms with Crippen LogP contribution in [0, 0.1) is 0 Å². The van der Waals surface area contributed by atoms with E-state index in [0.29, 0.717) is 11.7 Å². The van der Waals surface area contributed by atoms with E-state index in [1.54, 1.807) is 24.0 Å². The van der Waals surface area contributed by atoms with Crippen LogP contribution < -0.4 is 0 Å². The number of halogens is 3. The van der Waals surface area contributed by atoms with Crippen LogP contribution in [0.4, 0.5) is 13.2 Å². The van der Waals surface area contributed by atoms with Gasteiger partial charge in [-0.3, -0.25) is 9.98 Å². The van der Waals surface area contributed by atoms with E-state index in [4.69, 9.17) is 4.99 Å². The number of hydrogen-bond acceptors (Lipinski definition) is 4. The lowest BCUT2D eigenvalue weighted by Crippen LogP contribution is -2.36. The number of pyridine rings is 1. The Morgan fingerprint density at radius 3 is 2.71 bits per heavy atom. The van der Waals surface area contributed by atoms with Gasteiger partial charge in [-0.25, -0.2) is 0 Å². The average Bonchev–Trinajstić information content (AvgIpc) is 3.48. The Morgan fingerprint density at radius 2 is 1.97 bits per heavy atom. The summed E-state index contributed by atoms with van der Waals surface area (Å²) in [5.41, 5.74) is 1.61. The van der Waals surface area contributed by atoms with Crippen LogP contribution in [-0.2, 0) is 6.18 Å². The molecule has 0 bridgehead atoms. The molecule has 2 aliphatic rings. The van der Waals surface area contributed by atoms with Crippen molar-refractivity contribution in [2.24, 2.45) is 4.99 Å². The van der Waals surface area contributed by atoms with Crippen LogP contribution in [0.1, 0.15) is 42.4 Å². The van der Waals surface area contributed by atoms with Gasteiger partial charge in [0.1, 0.15) is 12.1 Å². The van der Waals surface area contributed by atoms with Crippen molar-refractivity contribution < 1.29 is 13.2 Å². The number of alkyl halides is 3. The molecular weight excluding hydrogens is 421 g/mol. The highest BCUT2D eigenvalue weighted by molar-refractivity contribution is 8.14. The third-order valence-corrected chi connectivity index (χ3v) is 6.99. The van der Waals surface area contributed by atoms with Gasteiger partial charge in [0, 0.05) is 35.6 Å². The fraction of sp³-hybridized carbons (Fsp3) is 0.304. The van der Waals surface area contributed by atoms with Crippen LogP contribution in [0.15, 0.2) is 72.0 Å². The Bertz CT molecular complexity index is 1110. The van der Waals surface area contributed by atoms with E-state index >= 15 is 0 Å². The Balaban J connectivity index is 1.61. The molecule has 0 spiro atoms. The molecule has 0 N–H and O–H groups in total. The SMILES string of the molecule is CC[C@H]1CSC2=N[C@@H](c3ccccn3)[C@@H](c3cccn3-c3cccc(C(F)(F)F)c3)N21. The topological polar surface area (TPSA) is 33.4 Å². The predicted molar refractivity (Wildman–Crippen MR) is 116 cm³/mol. The average molecular weight is 443 g/mol. The van der Waals surface area contributed by atoms with Crippen LogP contribution in [0.25, 0.3) is 5.69 Å². The molecule has 0 radical (unpaired) electrons. The molecule has 31 heavy (non-hydrogen) atoms. The molecule has 1 saturated heterocycles. The molecule has 160 valence electrons. The Morgan fingerprint density at radius 1 is 1.10 bits per heavy atom. The number of rotatable bonds is 4. The highest BCUT2D eigenvalue weighted by Crippen LogP contribution is 2.49. The third kappa shape index (κ3) is 3.52. The number of aromatic nitrogens is 2. The number of nitrogens with zero attached hydrogens (tertiary/aromatic N) is 4. The normalized spacial score (nSPS) is 23.2. The first-order valence-electron chi connectivity index (χ1n) is 10.2. The van der Waals surface area contributed by atoms with Gasteiger partial charge < -0.3 is 9.47 Å². The van der Waals surface area contributed by atoms with Crippen molar-refractivity contribution in [2.45, 2.75) is 37.6 Å². The van der Waals surface area contributed by atoms with Gasteiger partial charge in [-0.15, -0.1) is 0 Å². The second-order valence-corrected chi connectivity index (χ2v) is 8.67. The highest BCUT2D eigenvalue weighted by Gasteiger charge is 2.46. The van der Waals surface area contributed by atoms with Gasteiger partial charge in [0.2, 0.25) is 0 Å². The number of fused-ring (bicyclic) bond motifs is 1. The standard InChI is InChI=1S/C23H21F3N4S/c1-2-16-14-31-22-28-20(18-9-3-4-11-27-18)21(30(16)22)19-10-6-12-29(19)17-8-5-7-15(13-17)23(24,25)26/h3-13,16,20-21H,2,14H2,1H3/t16-,20-,21+/m0/s1. The van der Waals surface area contributed by atoms with Gasteiger partial charge in [0.25, 0.3) is 0 Å². The summed E-state index contributed by atoms with van der Waals surface area (Å²) in [5.74, 6) is 0.963. The molecule has 2 aliphatic heterocycles. The quantitative estimate of drug-likeness (QED) is 0.507. The van der Waals surface area contributed by atoms with Gasteiger partial charge in [-0.1, -0.05) is 30.8 Å². The molecular formula is C23H21F3N4S. The lowest BCUT2D eigenvalue weighted by atomic mass is 9.99. The van der Waals surface area contributed by atoms with Crippen molar-refractivity contribution >= 4 is 16.9 Å². The van der Waals surface area contributed by atoms with Crippen LogP contribution >= 0.6 is 11.8 Å². The van der Waals surface area contributed by atoms with E-state index in [9.17, 15) is 13.2 Å². The smallest absolute Gasteiger partial charge is 0.337 e. The van der Waals surface area contributed by atoms with Crippen LogP contribution in [0.2, 0.25) is 0 Å². The maximum Gasteiger partial charge on any atom is 0.416 e. The summed E-state index contributed by atoms with van der Waals surface area (Å²) in [4.78, 5) is 11.9. The van der Waals surface area contributed by atoms with Crippen molar-refractivity contribution in [2.75, 3.05) is 5.75 Å². The third-order valence-electron chi connectivity index (χ3n) is 5.86. The van der Waals surface area contributed by atoms with Crippen LogP contribution in [0.3, 0.4) is 0 Å². The maximum atomic E-state index is 13.3. The molecule has 0 aliphatic carbocycles. The molecule has 2 aromatic heterocycles. The first-order valence-corrected chi connectivity index (χ1v) is 11.2. The molecule has 4 heterocycles. The molecule has 0 amide bonds. The number of amidine groups is 1. The van der Waals surface area contributed by atoms with Crippen LogP contribution in [-0.4, -0.2) is 31.4 Å². The fourth-order valence-electron chi connectivity index (χ4n) is 4.37. The molecule has 1 aromatic carbocycles. The molecule has 3 aromatic rings. The van der Waals surface area contributed by atoms with E-state index in [1.165, 1.54) is 12.1 Å². The monoisotopic (exact) mass is 442 g/mol. The summed E-state index contributed by atoms with van der Waals surface area (Å²) in [6, 6.07) is 15.1. The van der Waals surface area contributed by atoms with Crippen molar-refractivity contribution in [3.05, 3.63) is 83.9 Å². The summed E-state index contributed by atoms with van der Waals surface area (Å²) in [6.07, 6.45) is 0.166. The summed E-state index contributed by atoms with van der Waals surface area (Å²) >= 11 is 1.74. The van der Waals surface area contributed by atoms with E-state index in [1.807, 2.05) is 41.1 Å². The molecule has 0 saturated carbocycles. The van der Waals surface area contributed by atoms with E-state index in [0.717, 1.165) is 34.8 Å². The van der Waals surface area contributed by atoms with Crippen molar-refractivity contribution in [3.8, 4) is 5.69 Å². The Kier molecular flexibility index (Phi) is 5.04. The summed E-state index contributed by atoms with van der Waals surface area (Å²) in [6.45, 7) is 2.16. The maximum absolute atomic E-state index is 13.3. The van der Waals surface area contributed by atoms with Crippen LogP contribution in [0.5, 0.6) is 0 Å². The molecule has 5 rings (SSSR count). The van der Waals surface area contributed by atoms with Crippen molar-refractivity contribution in [1.82, 2.24) is 14.5 Å². The largest absolute Gasteiger partial charge is 0.416 e. The lowest BCUT2D eigenvalue weighted by molar-refractivity contribution is -0.137. The van der Waals surface area contributed by atoms with E-state index in [2.05, 4.69) is 16.8 Å². The first kappa shape index (κ1) is 20.2. The second-order valence-electron chi connectivity index (χ2n) is 7.69. The van der Waals surface area contributed by atoms with E-state index < -0.39 is 11.7 Å². The Hall–Kier alpha value is -2.74. The van der Waals surface area contributed by atoms with Crippen molar-refractivity contribution in [3.63, 3.8) is 0 Å². The van der Waals surface area contributed by atoms with Gasteiger partial charge >= 0.3 is 6.18 Å². The van der Waals surface area contributed by atoms with Gasteiger partial charge in [0.05, 0.1) is 11.3 Å². The minimum Gasteiger partial charge on any atom is -0.337 e. The van der Waals surface area contributed by atoms with Gasteiger partial charge in [0.15, 0.2) is 5.17 Å². The van der Waals surface area contributed by atoms with Gasteiger partial charge in [-0.05, 0) is 48.9 Å². The molecule has 3 atom stereocenters. The zero-order chi connectivity index (χ0) is 21.6. The number of benzene rings is 1. The molecule has 0 unspecified atom stereocenters. The molecule has 4 nitrogen and oxygen atoms in total. The molecule has 8 heteroatoms. The first-order chi connectivity index (χ1) is 15.0. The number of hydrogen-bond donors (Lipinski definition) is 0. The lowest BCUT2D eigenvalue weighted by Gasteiger charge is -2.32. The number of aliphatic imine (C=N–C) groups is 1. The second kappa shape index (κ2) is 7.75. The summed E-state index contributed by atoms with van der Waals surface area (Å²) in [7, 11) is 0. The van der Waals surface area contributed by atoms with Crippen molar-refractivity contribution in [1.29, 1.82) is 0 Å². The zero-order valence-corrected chi connectivity index (χ0v) is 17.6. The van der Waals surface area contributed by atoms with Gasteiger partial charge in [-0.2, -0.15) is 13.2 Å². The number of thioether (sulfide) groups is 1. The summed E-state index contributed by atoms with van der Waals surface area (Å²) < 4.78 is 41.8. The Labute approximate surface area is 182 Å². The zero-order valence-electron chi connectivity index (χ0n) is 16.8. The molecule has 1 fully saturated rings. The predicted octanol–water partition coefficient (Wildman–Crippen LogP) is 5.87. The van der Waals surface area contributed by atoms with E-state index in [-0.39, 0.29) is 12.1 Å². The minimum atomic E-state index is -4.39. The minimum absolute atomic E-state index is 0.130. The summed E-state index contributed by atoms with van der Waals surface area (Å²) in [5, 5.41) is 0.990. The highest BCUT2D eigenvalue weighted by atomic mass is 32.2. The fourth-order valence-corrected chi connectivity index (χ4v) is 5.71.